The van der Waals surface area contributed by atoms with Crippen LogP contribution in [0.5, 0.6) is 0 Å². The first-order valence-corrected chi connectivity index (χ1v) is 8.59. The van der Waals surface area contributed by atoms with Gasteiger partial charge in [0, 0.05) is 23.6 Å². The second-order valence-electron chi connectivity index (χ2n) is 6.34. The molecular formula is C20H18N6O. The topological polar surface area (TPSA) is 96.5 Å². The number of rotatable bonds is 4. The molecule has 0 saturated carbocycles. The van der Waals surface area contributed by atoms with Crippen LogP contribution < -0.4 is 5.32 Å². The third-order valence-electron chi connectivity index (χ3n) is 4.51. The van der Waals surface area contributed by atoms with E-state index >= 15 is 0 Å². The average Bonchev–Trinajstić information content (AvgIpc) is 3.23. The number of benzene rings is 2. The normalized spacial score (nSPS) is 10.9. The summed E-state index contributed by atoms with van der Waals surface area (Å²) >= 11 is 0. The van der Waals surface area contributed by atoms with Crippen LogP contribution in [0.2, 0.25) is 0 Å². The third-order valence-corrected chi connectivity index (χ3v) is 4.51. The lowest BCUT2D eigenvalue weighted by Crippen LogP contribution is -2.19. The van der Waals surface area contributed by atoms with Gasteiger partial charge in [-0.2, -0.15) is 5.21 Å². The first-order chi connectivity index (χ1) is 13.1. The minimum Gasteiger partial charge on any atom is -0.359 e. The molecule has 0 bridgehead atoms. The number of H-pyrrole nitrogens is 1. The fourth-order valence-corrected chi connectivity index (χ4v) is 3.05. The predicted octanol–water partition coefficient (Wildman–Crippen LogP) is 2.68. The minimum atomic E-state index is -0.00160. The maximum Gasteiger partial charge on any atom is 0.224 e. The number of aryl methyl sites for hydroxylation is 1. The maximum atomic E-state index is 11.6. The Kier molecular flexibility index (Phi) is 4.33. The number of hydrogen-bond acceptors (Lipinski definition) is 5. The molecule has 0 aliphatic carbocycles. The molecule has 0 radical (unpaired) electrons. The number of amides is 1. The Morgan fingerprint density at radius 3 is 2.56 bits per heavy atom. The summed E-state index contributed by atoms with van der Waals surface area (Å²) in [5.41, 5.74) is 5.82. The molecule has 7 nitrogen and oxygen atoms in total. The van der Waals surface area contributed by atoms with E-state index in [1.54, 1.807) is 7.05 Å². The van der Waals surface area contributed by atoms with Gasteiger partial charge in [-0.1, -0.05) is 30.3 Å². The van der Waals surface area contributed by atoms with Gasteiger partial charge in [-0.15, -0.1) is 10.2 Å². The minimum absolute atomic E-state index is 0.00160. The van der Waals surface area contributed by atoms with E-state index in [0.29, 0.717) is 12.2 Å². The number of hydrogen-bond donors (Lipinski definition) is 2. The number of carbonyl (C=O) groups is 1. The lowest BCUT2D eigenvalue weighted by molar-refractivity contribution is -0.119. The summed E-state index contributed by atoms with van der Waals surface area (Å²) in [6, 6.07) is 15.9. The molecule has 0 unspecified atom stereocenters. The first-order valence-electron chi connectivity index (χ1n) is 8.59. The fraction of sp³-hybridized carbons (Fsp3) is 0.150. The summed E-state index contributed by atoms with van der Waals surface area (Å²) in [6.45, 7) is 2.06. The van der Waals surface area contributed by atoms with Crippen LogP contribution in [0.1, 0.15) is 11.1 Å². The van der Waals surface area contributed by atoms with E-state index in [0.717, 1.165) is 38.9 Å². The Labute approximate surface area is 155 Å². The van der Waals surface area contributed by atoms with E-state index < -0.39 is 0 Å². The number of aromatic nitrogens is 5. The van der Waals surface area contributed by atoms with Gasteiger partial charge in [-0.05, 0) is 41.5 Å². The highest BCUT2D eigenvalue weighted by atomic mass is 16.1. The van der Waals surface area contributed by atoms with Crippen LogP contribution in [-0.4, -0.2) is 38.6 Å². The van der Waals surface area contributed by atoms with Gasteiger partial charge in [0.15, 0.2) is 0 Å². The summed E-state index contributed by atoms with van der Waals surface area (Å²) in [7, 11) is 1.65. The predicted molar refractivity (Wildman–Crippen MR) is 103 cm³/mol. The van der Waals surface area contributed by atoms with Gasteiger partial charge in [0.1, 0.15) is 0 Å². The molecule has 134 valence electrons. The molecule has 0 aliphatic heterocycles. The highest BCUT2D eigenvalue weighted by Crippen LogP contribution is 2.26. The summed E-state index contributed by atoms with van der Waals surface area (Å²) < 4.78 is 0. The standard InChI is InChI=1S/C20H18N6O/c1-12-9-18(14-4-6-15(7-5-14)20-23-25-26-24-20)22-17-8-3-13(10-16(12)17)11-19(27)21-2/h3-10H,11H2,1-2H3,(H,21,27)(H,23,24,25,26). The SMILES string of the molecule is CNC(=O)Cc1ccc2nc(-c3ccc(-c4nn[nH]n4)cc3)cc(C)c2c1. The van der Waals surface area contributed by atoms with Crippen molar-refractivity contribution in [2.75, 3.05) is 7.05 Å². The molecule has 2 heterocycles. The van der Waals surface area contributed by atoms with Crippen LogP contribution in [0.15, 0.2) is 48.5 Å². The van der Waals surface area contributed by atoms with E-state index in [9.17, 15) is 4.79 Å². The number of nitrogens with one attached hydrogen (secondary N) is 2. The van der Waals surface area contributed by atoms with Crippen molar-refractivity contribution < 1.29 is 4.79 Å². The van der Waals surface area contributed by atoms with Crippen LogP contribution >= 0.6 is 0 Å². The Morgan fingerprint density at radius 2 is 1.85 bits per heavy atom. The molecule has 0 aliphatic rings. The van der Waals surface area contributed by atoms with E-state index in [1.807, 2.05) is 42.5 Å². The van der Waals surface area contributed by atoms with E-state index in [-0.39, 0.29) is 5.91 Å². The number of nitrogens with zero attached hydrogens (tertiary/aromatic N) is 4. The molecule has 0 saturated heterocycles. The van der Waals surface area contributed by atoms with Gasteiger partial charge >= 0.3 is 0 Å². The number of pyridine rings is 1. The van der Waals surface area contributed by atoms with Crippen molar-refractivity contribution in [1.29, 1.82) is 0 Å². The van der Waals surface area contributed by atoms with Gasteiger partial charge in [-0.3, -0.25) is 4.79 Å². The summed E-state index contributed by atoms with van der Waals surface area (Å²) in [5, 5.41) is 17.7. The Hall–Kier alpha value is -3.61. The lowest BCUT2D eigenvalue weighted by Gasteiger charge is -2.09. The maximum absolute atomic E-state index is 11.6. The zero-order valence-electron chi connectivity index (χ0n) is 15.0. The molecule has 4 aromatic rings. The molecule has 7 heteroatoms. The van der Waals surface area contributed by atoms with E-state index in [4.69, 9.17) is 4.98 Å². The number of likely N-dealkylation sites (N-methyl/N-ethyl adjacent to an activating group) is 1. The summed E-state index contributed by atoms with van der Waals surface area (Å²) in [6.07, 6.45) is 0.366. The fourth-order valence-electron chi connectivity index (χ4n) is 3.05. The lowest BCUT2D eigenvalue weighted by atomic mass is 10.0. The van der Waals surface area contributed by atoms with Crippen molar-refractivity contribution in [1.82, 2.24) is 30.9 Å². The van der Waals surface area contributed by atoms with Gasteiger partial charge in [0.05, 0.1) is 17.6 Å². The van der Waals surface area contributed by atoms with Crippen LogP contribution in [-0.2, 0) is 11.2 Å². The van der Waals surface area contributed by atoms with Crippen molar-refractivity contribution in [2.45, 2.75) is 13.3 Å². The Bertz CT molecular complexity index is 1100. The number of fused-ring (bicyclic) bond motifs is 1. The molecule has 0 spiro atoms. The zero-order chi connectivity index (χ0) is 18.8. The largest absolute Gasteiger partial charge is 0.359 e. The molecule has 2 aromatic heterocycles. The quantitative estimate of drug-likeness (QED) is 0.585. The molecule has 1 amide bonds. The second-order valence-corrected chi connectivity index (χ2v) is 6.34. The van der Waals surface area contributed by atoms with Crippen molar-refractivity contribution in [2.24, 2.45) is 0 Å². The van der Waals surface area contributed by atoms with Gasteiger partial charge in [0.2, 0.25) is 11.7 Å². The molecule has 27 heavy (non-hydrogen) atoms. The Balaban J connectivity index is 1.68. The molecule has 0 fully saturated rings. The van der Waals surface area contributed by atoms with Crippen LogP contribution in [0, 0.1) is 6.92 Å². The van der Waals surface area contributed by atoms with Gasteiger partial charge in [-0.25, -0.2) is 4.98 Å². The summed E-state index contributed by atoms with van der Waals surface area (Å²) in [4.78, 5) is 16.4. The second kappa shape index (κ2) is 6.95. The van der Waals surface area contributed by atoms with Crippen molar-refractivity contribution in [3.8, 4) is 22.6 Å². The van der Waals surface area contributed by atoms with Crippen molar-refractivity contribution in [3.05, 3.63) is 59.7 Å². The van der Waals surface area contributed by atoms with Crippen LogP contribution in [0.25, 0.3) is 33.5 Å². The third kappa shape index (κ3) is 3.39. The first kappa shape index (κ1) is 16.8. The van der Waals surface area contributed by atoms with Crippen molar-refractivity contribution >= 4 is 16.8 Å². The highest BCUT2D eigenvalue weighted by molar-refractivity contribution is 5.87. The molecule has 2 N–H and O–H groups in total. The number of tetrazole rings is 1. The number of aromatic amines is 1. The van der Waals surface area contributed by atoms with E-state index in [1.165, 1.54) is 0 Å². The molecule has 4 rings (SSSR count). The number of carbonyl (C=O) groups excluding carboxylic acids is 1. The Morgan fingerprint density at radius 1 is 1.07 bits per heavy atom. The van der Waals surface area contributed by atoms with Crippen molar-refractivity contribution in [3.63, 3.8) is 0 Å². The molecule has 0 atom stereocenters. The van der Waals surface area contributed by atoms with Gasteiger partial charge in [0.25, 0.3) is 0 Å². The zero-order valence-corrected chi connectivity index (χ0v) is 15.0. The highest BCUT2D eigenvalue weighted by Gasteiger charge is 2.09. The molecule has 2 aromatic carbocycles. The average molecular weight is 358 g/mol. The van der Waals surface area contributed by atoms with Gasteiger partial charge < -0.3 is 5.32 Å². The smallest absolute Gasteiger partial charge is 0.224 e. The van der Waals surface area contributed by atoms with Crippen LogP contribution in [0.4, 0.5) is 0 Å². The monoisotopic (exact) mass is 358 g/mol. The van der Waals surface area contributed by atoms with Crippen LogP contribution in [0.3, 0.4) is 0 Å². The summed E-state index contributed by atoms with van der Waals surface area (Å²) in [5.74, 6) is 0.561. The molecular weight excluding hydrogens is 340 g/mol. The van der Waals surface area contributed by atoms with E-state index in [2.05, 4.69) is 38.9 Å².